The van der Waals surface area contributed by atoms with Gasteiger partial charge in [-0.05, 0) is 26.8 Å². The fourth-order valence-corrected chi connectivity index (χ4v) is 2.95. The molecule has 0 aromatic carbocycles. The highest BCUT2D eigenvalue weighted by molar-refractivity contribution is 5.95. The number of piperazine rings is 1. The lowest BCUT2D eigenvalue weighted by Gasteiger charge is -2.40. The first kappa shape index (κ1) is 19.2. The van der Waals surface area contributed by atoms with E-state index in [0.717, 1.165) is 6.07 Å². The van der Waals surface area contributed by atoms with Gasteiger partial charge in [0.05, 0.1) is 11.6 Å². The van der Waals surface area contributed by atoms with Crippen LogP contribution in [0.4, 0.5) is 18.0 Å². The zero-order valence-corrected chi connectivity index (χ0v) is 15.2. The van der Waals surface area contributed by atoms with E-state index in [1.807, 2.05) is 0 Å². The molecule has 1 saturated heterocycles. The summed E-state index contributed by atoms with van der Waals surface area (Å²) >= 11 is 0. The van der Waals surface area contributed by atoms with Crippen molar-refractivity contribution in [3.8, 4) is 5.75 Å². The van der Waals surface area contributed by atoms with Gasteiger partial charge in [-0.2, -0.15) is 13.2 Å². The van der Waals surface area contributed by atoms with Gasteiger partial charge < -0.3 is 19.3 Å². The molecular formula is C17H20F3N3O4. The third kappa shape index (κ3) is 4.09. The monoisotopic (exact) mass is 387 g/mol. The number of aromatic nitrogens is 1. The van der Waals surface area contributed by atoms with Crippen LogP contribution in [-0.2, 0) is 10.9 Å². The summed E-state index contributed by atoms with van der Waals surface area (Å²) in [5, 5.41) is 0. The summed E-state index contributed by atoms with van der Waals surface area (Å²) in [5.74, 6) is -0.710. The van der Waals surface area contributed by atoms with Gasteiger partial charge in [-0.3, -0.25) is 4.79 Å². The molecule has 0 N–H and O–H groups in total. The molecule has 2 amide bonds. The minimum absolute atomic E-state index is 0.0406. The van der Waals surface area contributed by atoms with Crippen LogP contribution in [0.25, 0.3) is 0 Å². The Morgan fingerprint density at radius 1 is 1.30 bits per heavy atom. The number of pyridine rings is 1. The molecule has 148 valence electrons. The first-order valence-corrected chi connectivity index (χ1v) is 8.44. The molecule has 3 heterocycles. The Balaban J connectivity index is 1.79. The van der Waals surface area contributed by atoms with Crippen LogP contribution in [0, 0.1) is 0 Å². The highest BCUT2D eigenvalue weighted by Crippen LogP contribution is 2.34. The Labute approximate surface area is 154 Å². The van der Waals surface area contributed by atoms with Crippen molar-refractivity contribution in [2.75, 3.05) is 26.2 Å². The number of carbonyl (C=O) groups excluding carboxylic acids is 2. The van der Waals surface area contributed by atoms with E-state index in [1.165, 1.54) is 9.80 Å². The van der Waals surface area contributed by atoms with Crippen LogP contribution in [-0.4, -0.2) is 64.7 Å². The van der Waals surface area contributed by atoms with Gasteiger partial charge in [0.15, 0.2) is 11.4 Å². The zero-order valence-electron chi connectivity index (χ0n) is 15.2. The van der Waals surface area contributed by atoms with Crippen molar-refractivity contribution in [3.05, 3.63) is 23.5 Å². The molecule has 1 atom stereocenters. The molecule has 1 fully saturated rings. The Morgan fingerprint density at radius 2 is 2.00 bits per heavy atom. The molecule has 10 heteroatoms. The largest absolute Gasteiger partial charge is 0.489 e. The SMILES string of the molecule is CC(C)(C)OC(=O)N1CCN2C(=O)c3ncc(C(F)(F)F)cc3OC[C@@H]2C1. The molecule has 27 heavy (non-hydrogen) atoms. The molecule has 3 rings (SSSR count). The van der Waals surface area contributed by atoms with Gasteiger partial charge in [0.1, 0.15) is 12.2 Å². The summed E-state index contributed by atoms with van der Waals surface area (Å²) < 4.78 is 49.4. The lowest BCUT2D eigenvalue weighted by molar-refractivity contribution is -0.138. The maximum Gasteiger partial charge on any atom is 0.418 e. The quantitative estimate of drug-likeness (QED) is 0.684. The van der Waals surface area contributed by atoms with Crippen molar-refractivity contribution in [3.63, 3.8) is 0 Å². The smallest absolute Gasteiger partial charge is 0.418 e. The van der Waals surface area contributed by atoms with Crippen molar-refractivity contribution in [2.24, 2.45) is 0 Å². The average Bonchev–Trinajstić information content (AvgIpc) is 2.69. The zero-order chi connectivity index (χ0) is 20.0. The lowest BCUT2D eigenvalue weighted by atomic mass is 10.1. The third-order valence-corrected chi connectivity index (χ3v) is 4.21. The predicted octanol–water partition coefficient (Wildman–Crippen LogP) is 2.55. The number of halogens is 3. The van der Waals surface area contributed by atoms with Crippen LogP contribution in [0.5, 0.6) is 5.75 Å². The second-order valence-corrected chi connectivity index (χ2v) is 7.46. The van der Waals surface area contributed by atoms with Crippen molar-refractivity contribution >= 4 is 12.0 Å². The summed E-state index contributed by atoms with van der Waals surface area (Å²) in [7, 11) is 0. The van der Waals surface area contributed by atoms with Crippen molar-refractivity contribution in [1.29, 1.82) is 0 Å². The minimum atomic E-state index is -4.58. The lowest BCUT2D eigenvalue weighted by Crippen LogP contribution is -2.58. The average molecular weight is 387 g/mol. The summed E-state index contributed by atoms with van der Waals surface area (Å²) in [4.78, 5) is 31.6. The normalized spacial score (nSPS) is 20.4. The molecule has 0 aliphatic carbocycles. The van der Waals surface area contributed by atoms with Crippen molar-refractivity contribution < 1.29 is 32.2 Å². The van der Waals surface area contributed by atoms with Crippen molar-refractivity contribution in [2.45, 2.75) is 38.6 Å². The van der Waals surface area contributed by atoms with E-state index in [4.69, 9.17) is 9.47 Å². The number of hydrogen-bond donors (Lipinski definition) is 0. The van der Waals surface area contributed by atoms with Crippen LogP contribution < -0.4 is 4.74 Å². The van der Waals surface area contributed by atoms with E-state index in [0.29, 0.717) is 6.20 Å². The molecule has 1 aromatic rings. The topological polar surface area (TPSA) is 72.0 Å². The third-order valence-electron chi connectivity index (χ3n) is 4.21. The van der Waals surface area contributed by atoms with E-state index in [1.54, 1.807) is 20.8 Å². The van der Waals surface area contributed by atoms with Gasteiger partial charge in [-0.25, -0.2) is 9.78 Å². The van der Waals surface area contributed by atoms with Crippen molar-refractivity contribution in [1.82, 2.24) is 14.8 Å². The number of carbonyl (C=O) groups is 2. The van der Waals surface area contributed by atoms with E-state index < -0.39 is 35.4 Å². The molecule has 0 radical (unpaired) electrons. The van der Waals surface area contributed by atoms with Gasteiger partial charge in [-0.15, -0.1) is 0 Å². The fourth-order valence-electron chi connectivity index (χ4n) is 2.95. The second kappa shape index (κ2) is 6.58. The maximum atomic E-state index is 12.9. The highest BCUT2D eigenvalue weighted by Gasteiger charge is 2.40. The molecular weight excluding hydrogens is 367 g/mol. The van der Waals surface area contributed by atoms with Crippen LogP contribution in [0.15, 0.2) is 12.3 Å². The Morgan fingerprint density at radius 3 is 2.63 bits per heavy atom. The standard InChI is InChI=1S/C17H20F3N3O4/c1-16(2,3)27-15(25)22-4-5-23-11(8-22)9-26-12-6-10(17(18,19)20)7-21-13(12)14(23)24/h6-7,11H,4-5,8-9H2,1-3H3/t11-/m0/s1. The number of hydrogen-bond acceptors (Lipinski definition) is 5. The van der Waals surface area contributed by atoms with E-state index in [9.17, 15) is 22.8 Å². The van der Waals surface area contributed by atoms with E-state index >= 15 is 0 Å². The Bertz CT molecular complexity index is 761. The molecule has 0 unspecified atom stereocenters. The number of rotatable bonds is 0. The highest BCUT2D eigenvalue weighted by atomic mass is 19.4. The number of fused-ring (bicyclic) bond motifs is 2. The van der Waals surface area contributed by atoms with Gasteiger partial charge in [0.25, 0.3) is 5.91 Å². The van der Waals surface area contributed by atoms with Gasteiger partial charge in [0.2, 0.25) is 0 Å². The fraction of sp³-hybridized carbons (Fsp3) is 0.588. The molecule has 0 bridgehead atoms. The van der Waals surface area contributed by atoms with Crippen LogP contribution in [0.1, 0.15) is 36.8 Å². The molecule has 0 saturated carbocycles. The number of amides is 2. The molecule has 1 aromatic heterocycles. The van der Waals surface area contributed by atoms with Crippen LogP contribution in [0.2, 0.25) is 0 Å². The van der Waals surface area contributed by atoms with E-state index in [2.05, 4.69) is 4.98 Å². The van der Waals surface area contributed by atoms with Gasteiger partial charge >= 0.3 is 12.3 Å². The summed E-state index contributed by atoms with van der Waals surface area (Å²) in [6, 6.07) is 0.284. The number of nitrogens with zero attached hydrogens (tertiary/aromatic N) is 3. The summed E-state index contributed by atoms with van der Waals surface area (Å²) in [6.45, 7) is 5.85. The molecule has 2 aliphatic rings. The first-order valence-electron chi connectivity index (χ1n) is 8.44. The molecule has 2 aliphatic heterocycles. The Kier molecular flexibility index (Phi) is 4.69. The second-order valence-electron chi connectivity index (χ2n) is 7.46. The number of ether oxygens (including phenoxy) is 2. The maximum absolute atomic E-state index is 12.9. The Hall–Kier alpha value is -2.52. The summed E-state index contributed by atoms with van der Waals surface area (Å²) in [5.41, 5.74) is -1.79. The summed E-state index contributed by atoms with van der Waals surface area (Å²) in [6.07, 6.45) is -4.47. The van der Waals surface area contributed by atoms with Crippen LogP contribution in [0.3, 0.4) is 0 Å². The molecule has 7 nitrogen and oxygen atoms in total. The number of alkyl halides is 3. The van der Waals surface area contributed by atoms with Crippen LogP contribution >= 0.6 is 0 Å². The molecule has 0 spiro atoms. The predicted molar refractivity (Wildman–Crippen MR) is 87.4 cm³/mol. The first-order chi connectivity index (χ1) is 12.5. The van der Waals surface area contributed by atoms with E-state index in [-0.39, 0.29) is 37.7 Å². The van der Waals surface area contributed by atoms with Gasteiger partial charge in [0, 0.05) is 25.8 Å². The minimum Gasteiger partial charge on any atom is -0.489 e. The van der Waals surface area contributed by atoms with Gasteiger partial charge in [-0.1, -0.05) is 0 Å².